The van der Waals surface area contributed by atoms with Gasteiger partial charge in [0, 0.05) is 25.2 Å². The molecule has 0 spiro atoms. The van der Waals surface area contributed by atoms with Gasteiger partial charge in [0.2, 0.25) is 0 Å². The number of carbonyl (C=O) groups is 1. The average Bonchev–Trinajstić information content (AvgIpc) is 2.69. The molecule has 86 valence electrons. The van der Waals surface area contributed by atoms with Crippen LogP contribution in [0.5, 0.6) is 0 Å². The standard InChI is InChI=1S/C13H17NO2/c1-2-14-9-8-11-10(6-7-13(15)16)4-3-5-12(11)14/h3-5H,2,6-9H2,1H3,(H,15,16). The third-order valence-corrected chi connectivity index (χ3v) is 3.21. The molecule has 0 atom stereocenters. The summed E-state index contributed by atoms with van der Waals surface area (Å²) < 4.78 is 0. The molecule has 1 aliphatic rings. The number of rotatable bonds is 4. The first-order valence-corrected chi connectivity index (χ1v) is 5.80. The summed E-state index contributed by atoms with van der Waals surface area (Å²) in [6.45, 7) is 4.24. The molecule has 1 aromatic carbocycles. The summed E-state index contributed by atoms with van der Waals surface area (Å²) in [7, 11) is 0. The first-order valence-electron chi connectivity index (χ1n) is 5.80. The fraction of sp³-hybridized carbons (Fsp3) is 0.462. The number of aliphatic carboxylic acids is 1. The monoisotopic (exact) mass is 219 g/mol. The van der Waals surface area contributed by atoms with Gasteiger partial charge in [-0.05, 0) is 37.0 Å². The van der Waals surface area contributed by atoms with E-state index in [0.29, 0.717) is 6.42 Å². The van der Waals surface area contributed by atoms with Gasteiger partial charge in [0.15, 0.2) is 0 Å². The Morgan fingerprint density at radius 2 is 2.31 bits per heavy atom. The van der Waals surface area contributed by atoms with E-state index >= 15 is 0 Å². The molecule has 2 rings (SSSR count). The number of hydrogen-bond acceptors (Lipinski definition) is 2. The van der Waals surface area contributed by atoms with Crippen LogP contribution in [0.1, 0.15) is 24.5 Å². The quantitative estimate of drug-likeness (QED) is 0.843. The van der Waals surface area contributed by atoms with Crippen molar-refractivity contribution in [3.05, 3.63) is 29.3 Å². The summed E-state index contributed by atoms with van der Waals surface area (Å²) in [6, 6.07) is 6.22. The average molecular weight is 219 g/mol. The minimum absolute atomic E-state index is 0.225. The molecular weight excluding hydrogens is 202 g/mol. The van der Waals surface area contributed by atoms with Gasteiger partial charge in [-0.1, -0.05) is 12.1 Å². The van der Waals surface area contributed by atoms with Crippen LogP contribution in [0, 0.1) is 0 Å². The SMILES string of the molecule is CCN1CCc2c(CCC(=O)O)cccc21. The highest BCUT2D eigenvalue weighted by molar-refractivity contribution is 5.68. The molecule has 1 heterocycles. The fourth-order valence-electron chi connectivity index (χ4n) is 2.38. The lowest BCUT2D eigenvalue weighted by molar-refractivity contribution is -0.136. The number of anilines is 1. The first-order chi connectivity index (χ1) is 7.72. The van der Waals surface area contributed by atoms with Crippen LogP contribution in [0.25, 0.3) is 0 Å². The molecule has 3 heteroatoms. The Kier molecular flexibility index (Phi) is 3.13. The van der Waals surface area contributed by atoms with Crippen LogP contribution in [0.15, 0.2) is 18.2 Å². The second-order valence-corrected chi connectivity index (χ2v) is 4.14. The van der Waals surface area contributed by atoms with E-state index in [2.05, 4.69) is 24.0 Å². The van der Waals surface area contributed by atoms with Gasteiger partial charge >= 0.3 is 5.97 Å². The maximum Gasteiger partial charge on any atom is 0.303 e. The molecule has 3 nitrogen and oxygen atoms in total. The molecule has 1 aromatic rings. The Morgan fingerprint density at radius 3 is 3.00 bits per heavy atom. The predicted molar refractivity (Wildman–Crippen MR) is 64.0 cm³/mol. The molecule has 1 N–H and O–H groups in total. The molecule has 0 saturated heterocycles. The molecule has 1 aliphatic heterocycles. The second-order valence-electron chi connectivity index (χ2n) is 4.14. The smallest absolute Gasteiger partial charge is 0.303 e. The van der Waals surface area contributed by atoms with E-state index in [9.17, 15) is 4.79 Å². The van der Waals surface area contributed by atoms with Crippen molar-refractivity contribution in [3.8, 4) is 0 Å². The molecule has 0 amide bonds. The maximum absolute atomic E-state index is 10.6. The number of aryl methyl sites for hydroxylation is 1. The van der Waals surface area contributed by atoms with Crippen LogP contribution < -0.4 is 4.90 Å². The van der Waals surface area contributed by atoms with E-state index in [4.69, 9.17) is 5.11 Å². The van der Waals surface area contributed by atoms with Crippen molar-refractivity contribution >= 4 is 11.7 Å². The van der Waals surface area contributed by atoms with Crippen LogP contribution in [-0.4, -0.2) is 24.2 Å². The van der Waals surface area contributed by atoms with Crippen LogP contribution in [-0.2, 0) is 17.6 Å². The highest BCUT2D eigenvalue weighted by atomic mass is 16.4. The maximum atomic E-state index is 10.6. The molecule has 0 saturated carbocycles. The zero-order valence-corrected chi connectivity index (χ0v) is 9.57. The van der Waals surface area contributed by atoms with Crippen molar-refractivity contribution in [1.29, 1.82) is 0 Å². The van der Waals surface area contributed by atoms with E-state index in [1.54, 1.807) is 0 Å². The van der Waals surface area contributed by atoms with Crippen molar-refractivity contribution in [2.24, 2.45) is 0 Å². The largest absolute Gasteiger partial charge is 0.481 e. The lowest BCUT2D eigenvalue weighted by Gasteiger charge is -2.16. The normalized spacial score (nSPS) is 13.9. The zero-order chi connectivity index (χ0) is 11.5. The lowest BCUT2D eigenvalue weighted by atomic mass is 10.0. The summed E-state index contributed by atoms with van der Waals surface area (Å²) in [4.78, 5) is 12.9. The summed E-state index contributed by atoms with van der Waals surface area (Å²) in [6.07, 6.45) is 1.93. The third-order valence-electron chi connectivity index (χ3n) is 3.21. The minimum atomic E-state index is -0.719. The highest BCUT2D eigenvalue weighted by Crippen LogP contribution is 2.30. The molecule has 0 bridgehead atoms. The summed E-state index contributed by atoms with van der Waals surface area (Å²) in [5, 5.41) is 8.71. The molecule has 0 radical (unpaired) electrons. The lowest BCUT2D eigenvalue weighted by Crippen LogP contribution is -2.18. The van der Waals surface area contributed by atoms with Crippen molar-refractivity contribution in [2.75, 3.05) is 18.0 Å². The second kappa shape index (κ2) is 4.56. The Hall–Kier alpha value is -1.51. The van der Waals surface area contributed by atoms with Gasteiger partial charge in [0.05, 0.1) is 0 Å². The molecular formula is C13H17NO2. The zero-order valence-electron chi connectivity index (χ0n) is 9.57. The number of nitrogens with zero attached hydrogens (tertiary/aromatic N) is 1. The summed E-state index contributed by atoms with van der Waals surface area (Å²) in [5.74, 6) is -0.719. The van der Waals surface area contributed by atoms with Crippen LogP contribution in [0.3, 0.4) is 0 Å². The van der Waals surface area contributed by atoms with Crippen LogP contribution >= 0.6 is 0 Å². The van der Waals surface area contributed by atoms with Gasteiger partial charge in [-0.3, -0.25) is 4.79 Å². The summed E-state index contributed by atoms with van der Waals surface area (Å²) in [5.41, 5.74) is 3.85. The van der Waals surface area contributed by atoms with Crippen molar-refractivity contribution < 1.29 is 9.90 Å². The topological polar surface area (TPSA) is 40.5 Å². The number of likely N-dealkylation sites (N-methyl/N-ethyl adjacent to an activating group) is 1. The van der Waals surface area contributed by atoms with Gasteiger partial charge in [-0.15, -0.1) is 0 Å². The molecule has 0 aromatic heterocycles. The van der Waals surface area contributed by atoms with Crippen molar-refractivity contribution in [3.63, 3.8) is 0 Å². The van der Waals surface area contributed by atoms with Crippen LogP contribution in [0.4, 0.5) is 5.69 Å². The Balaban J connectivity index is 2.21. The van der Waals surface area contributed by atoms with E-state index < -0.39 is 5.97 Å². The number of carboxylic acid groups (broad SMARTS) is 1. The Bertz CT molecular complexity index is 401. The Labute approximate surface area is 95.7 Å². The van der Waals surface area contributed by atoms with Crippen LogP contribution in [0.2, 0.25) is 0 Å². The molecule has 16 heavy (non-hydrogen) atoms. The van der Waals surface area contributed by atoms with Gasteiger partial charge in [-0.2, -0.15) is 0 Å². The van der Waals surface area contributed by atoms with E-state index in [0.717, 1.165) is 19.5 Å². The molecule has 0 unspecified atom stereocenters. The van der Waals surface area contributed by atoms with E-state index in [-0.39, 0.29) is 6.42 Å². The first kappa shape index (κ1) is 11.0. The Morgan fingerprint density at radius 1 is 1.50 bits per heavy atom. The van der Waals surface area contributed by atoms with Gasteiger partial charge in [-0.25, -0.2) is 0 Å². The number of hydrogen-bond donors (Lipinski definition) is 1. The van der Waals surface area contributed by atoms with Crippen molar-refractivity contribution in [2.45, 2.75) is 26.2 Å². The third kappa shape index (κ3) is 2.03. The number of carboxylic acids is 1. The molecule has 0 aliphatic carbocycles. The fourth-order valence-corrected chi connectivity index (χ4v) is 2.38. The molecule has 0 fully saturated rings. The summed E-state index contributed by atoms with van der Waals surface area (Å²) >= 11 is 0. The number of fused-ring (bicyclic) bond motifs is 1. The van der Waals surface area contributed by atoms with Crippen molar-refractivity contribution in [1.82, 2.24) is 0 Å². The minimum Gasteiger partial charge on any atom is -0.481 e. The van der Waals surface area contributed by atoms with Gasteiger partial charge in [0.1, 0.15) is 0 Å². The predicted octanol–water partition coefficient (Wildman–Crippen LogP) is 2.09. The highest BCUT2D eigenvalue weighted by Gasteiger charge is 2.19. The van der Waals surface area contributed by atoms with Gasteiger partial charge in [0.25, 0.3) is 0 Å². The van der Waals surface area contributed by atoms with E-state index in [1.807, 2.05) is 6.07 Å². The van der Waals surface area contributed by atoms with Gasteiger partial charge < -0.3 is 10.0 Å². The number of benzene rings is 1. The van der Waals surface area contributed by atoms with E-state index in [1.165, 1.54) is 16.8 Å².